The Balaban J connectivity index is 2.63. The van der Waals surface area contributed by atoms with E-state index in [0.29, 0.717) is 13.1 Å². The number of benzene rings is 1. The molecule has 4 nitrogen and oxygen atoms in total. The van der Waals surface area contributed by atoms with Gasteiger partial charge in [-0.1, -0.05) is 30.3 Å². The molecule has 1 aromatic carbocycles. The lowest BCUT2D eigenvalue weighted by atomic mass is 10.2. The van der Waals surface area contributed by atoms with Gasteiger partial charge in [0.2, 0.25) is 5.91 Å². The topological polar surface area (TPSA) is 67.9 Å². The number of carbonyl (C=O) groups is 1. The summed E-state index contributed by atoms with van der Waals surface area (Å²) in [6.07, 6.45) is 3.75. The number of nitriles is 2. The molecule has 0 bridgehead atoms. The number of nitrogens with zero attached hydrogens (tertiary/aromatic N) is 3. The van der Waals surface area contributed by atoms with Crippen LogP contribution in [0.15, 0.2) is 36.4 Å². The Morgan fingerprint density at radius 1 is 1.11 bits per heavy atom. The zero-order valence-corrected chi connectivity index (χ0v) is 10.6. The minimum Gasteiger partial charge on any atom is -0.337 e. The van der Waals surface area contributed by atoms with E-state index in [1.165, 1.54) is 11.0 Å². The van der Waals surface area contributed by atoms with Crippen LogP contribution in [-0.4, -0.2) is 23.9 Å². The Hall–Kier alpha value is -2.59. The second kappa shape index (κ2) is 8.49. The van der Waals surface area contributed by atoms with Crippen LogP contribution in [0.5, 0.6) is 0 Å². The zero-order chi connectivity index (χ0) is 13.9. The predicted octanol–water partition coefficient (Wildman–Crippen LogP) is 2.36. The second-order valence-electron chi connectivity index (χ2n) is 3.89. The van der Waals surface area contributed by atoms with Crippen molar-refractivity contribution < 1.29 is 4.79 Å². The highest BCUT2D eigenvalue weighted by Gasteiger charge is 2.09. The van der Waals surface area contributed by atoms with Gasteiger partial charge in [-0.3, -0.25) is 4.79 Å². The first-order valence-corrected chi connectivity index (χ1v) is 6.04. The van der Waals surface area contributed by atoms with Crippen molar-refractivity contribution in [2.24, 2.45) is 0 Å². The van der Waals surface area contributed by atoms with Crippen molar-refractivity contribution in [3.05, 3.63) is 42.0 Å². The van der Waals surface area contributed by atoms with Crippen molar-refractivity contribution in [2.45, 2.75) is 12.8 Å². The van der Waals surface area contributed by atoms with E-state index in [1.807, 2.05) is 42.5 Å². The average Bonchev–Trinajstić information content (AvgIpc) is 2.46. The summed E-state index contributed by atoms with van der Waals surface area (Å²) >= 11 is 0. The molecule has 96 valence electrons. The monoisotopic (exact) mass is 253 g/mol. The maximum Gasteiger partial charge on any atom is 0.246 e. The number of amides is 1. The fourth-order valence-electron chi connectivity index (χ4n) is 1.54. The fraction of sp³-hybridized carbons (Fsp3) is 0.267. The summed E-state index contributed by atoms with van der Waals surface area (Å²) in [6.45, 7) is 0.715. The van der Waals surface area contributed by atoms with Crippen LogP contribution < -0.4 is 0 Å². The number of carbonyl (C=O) groups excluding carboxylic acids is 1. The highest BCUT2D eigenvalue weighted by Crippen LogP contribution is 2.03. The Morgan fingerprint density at radius 3 is 2.21 bits per heavy atom. The van der Waals surface area contributed by atoms with Gasteiger partial charge in [-0.2, -0.15) is 10.5 Å². The van der Waals surface area contributed by atoms with Gasteiger partial charge in [0.1, 0.15) is 0 Å². The molecule has 0 heterocycles. The molecule has 0 fully saturated rings. The summed E-state index contributed by atoms with van der Waals surface area (Å²) in [5.74, 6) is -0.172. The van der Waals surface area contributed by atoms with Crippen molar-refractivity contribution in [1.82, 2.24) is 4.90 Å². The lowest BCUT2D eigenvalue weighted by Gasteiger charge is -2.18. The molecule has 0 aliphatic carbocycles. The highest BCUT2D eigenvalue weighted by molar-refractivity contribution is 5.91. The van der Waals surface area contributed by atoms with Crippen LogP contribution in [0.1, 0.15) is 18.4 Å². The summed E-state index contributed by atoms with van der Waals surface area (Å²) in [7, 11) is 0. The van der Waals surface area contributed by atoms with E-state index in [-0.39, 0.29) is 18.7 Å². The minimum absolute atomic E-state index is 0.172. The lowest BCUT2D eigenvalue weighted by Crippen LogP contribution is -2.31. The smallest absolute Gasteiger partial charge is 0.246 e. The number of hydrogen-bond donors (Lipinski definition) is 0. The molecule has 0 saturated carbocycles. The van der Waals surface area contributed by atoms with Gasteiger partial charge in [0.15, 0.2) is 0 Å². The molecule has 0 unspecified atom stereocenters. The SMILES string of the molecule is N#CCCN(CCC#N)C(=O)/C=C/c1ccccc1. The molecule has 0 N–H and O–H groups in total. The predicted molar refractivity (Wildman–Crippen MR) is 72.5 cm³/mol. The molecule has 0 saturated heterocycles. The quantitative estimate of drug-likeness (QED) is 0.731. The van der Waals surface area contributed by atoms with Gasteiger partial charge in [-0.25, -0.2) is 0 Å². The molecule has 0 aromatic heterocycles. The van der Waals surface area contributed by atoms with E-state index in [4.69, 9.17) is 10.5 Å². The minimum atomic E-state index is -0.172. The first-order valence-electron chi connectivity index (χ1n) is 6.04. The molecule has 1 rings (SSSR count). The molecule has 0 atom stereocenters. The van der Waals surface area contributed by atoms with Crippen LogP contribution >= 0.6 is 0 Å². The Kier molecular flexibility index (Phi) is 6.47. The molecule has 19 heavy (non-hydrogen) atoms. The van der Waals surface area contributed by atoms with Gasteiger partial charge >= 0.3 is 0 Å². The molecule has 0 radical (unpaired) electrons. The van der Waals surface area contributed by atoms with Crippen molar-refractivity contribution in [3.8, 4) is 12.1 Å². The van der Waals surface area contributed by atoms with Crippen molar-refractivity contribution in [3.63, 3.8) is 0 Å². The molecule has 0 aliphatic heterocycles. The van der Waals surface area contributed by atoms with E-state index in [2.05, 4.69) is 0 Å². The van der Waals surface area contributed by atoms with E-state index in [0.717, 1.165) is 5.56 Å². The van der Waals surface area contributed by atoms with E-state index in [9.17, 15) is 4.79 Å². The normalized spacial score (nSPS) is 9.79. The van der Waals surface area contributed by atoms with Gasteiger partial charge in [-0.15, -0.1) is 0 Å². The van der Waals surface area contributed by atoms with Crippen LogP contribution in [0, 0.1) is 22.7 Å². The maximum atomic E-state index is 11.9. The van der Waals surface area contributed by atoms with Gasteiger partial charge in [-0.05, 0) is 11.6 Å². The summed E-state index contributed by atoms with van der Waals surface area (Å²) in [5.41, 5.74) is 0.941. The maximum absolute atomic E-state index is 11.9. The van der Waals surface area contributed by atoms with Crippen molar-refractivity contribution in [2.75, 3.05) is 13.1 Å². The zero-order valence-electron chi connectivity index (χ0n) is 10.6. The van der Waals surface area contributed by atoms with Crippen molar-refractivity contribution in [1.29, 1.82) is 10.5 Å². The highest BCUT2D eigenvalue weighted by atomic mass is 16.2. The fourth-order valence-corrected chi connectivity index (χ4v) is 1.54. The Labute approximate surface area is 113 Å². The van der Waals surface area contributed by atoms with Gasteiger partial charge < -0.3 is 4.90 Å². The Bertz CT molecular complexity index is 490. The lowest BCUT2D eigenvalue weighted by molar-refractivity contribution is -0.125. The van der Waals surface area contributed by atoms with Crippen LogP contribution in [0.2, 0.25) is 0 Å². The summed E-state index contributed by atoms with van der Waals surface area (Å²) < 4.78 is 0. The third-order valence-corrected chi connectivity index (χ3v) is 2.52. The molecular formula is C15H15N3O. The first kappa shape index (κ1) is 14.5. The third kappa shape index (κ3) is 5.52. The summed E-state index contributed by atoms with van der Waals surface area (Å²) in [5, 5.41) is 17.1. The standard InChI is InChI=1S/C15H15N3O/c16-10-4-12-18(13-5-11-17)15(19)9-8-14-6-2-1-3-7-14/h1-3,6-9H,4-5,12-13H2/b9-8+. The van der Waals surface area contributed by atoms with Gasteiger partial charge in [0.25, 0.3) is 0 Å². The molecular weight excluding hydrogens is 238 g/mol. The van der Waals surface area contributed by atoms with E-state index < -0.39 is 0 Å². The van der Waals surface area contributed by atoms with E-state index in [1.54, 1.807) is 6.08 Å². The first-order chi connectivity index (χ1) is 9.27. The van der Waals surface area contributed by atoms with Crippen molar-refractivity contribution >= 4 is 12.0 Å². The Morgan fingerprint density at radius 2 is 1.68 bits per heavy atom. The molecule has 0 aliphatic rings. The molecule has 4 heteroatoms. The van der Waals surface area contributed by atoms with Gasteiger partial charge in [0, 0.05) is 19.2 Å². The van der Waals surface area contributed by atoms with Crippen LogP contribution in [0.3, 0.4) is 0 Å². The molecule has 0 spiro atoms. The summed E-state index contributed by atoms with van der Waals surface area (Å²) in [6, 6.07) is 13.5. The van der Waals surface area contributed by atoms with E-state index >= 15 is 0 Å². The second-order valence-corrected chi connectivity index (χ2v) is 3.89. The third-order valence-electron chi connectivity index (χ3n) is 2.52. The molecule has 1 aromatic rings. The van der Waals surface area contributed by atoms with Crippen LogP contribution in [0.25, 0.3) is 6.08 Å². The number of rotatable bonds is 6. The van der Waals surface area contributed by atoms with Crippen LogP contribution in [-0.2, 0) is 4.79 Å². The van der Waals surface area contributed by atoms with Crippen LogP contribution in [0.4, 0.5) is 0 Å². The van der Waals surface area contributed by atoms with Gasteiger partial charge in [0.05, 0.1) is 25.0 Å². The molecule has 1 amide bonds. The number of hydrogen-bond acceptors (Lipinski definition) is 3. The average molecular weight is 253 g/mol. The largest absolute Gasteiger partial charge is 0.337 e. The summed E-state index contributed by atoms with van der Waals surface area (Å²) in [4.78, 5) is 13.5.